The molecule has 0 unspecified atom stereocenters. The third kappa shape index (κ3) is 5.52. The standard InChI is InChI=1S/C25H21ClN6O4S/c1-13-6-17(22-18(7-13)31-20(34-3)12-27-22)23-32-21-14(2)8-16(9-19(21)37-23)35-4-5-36-25(33)30-15-10-28-24(26)29-11-15/h6-12H,4-5H2,1-3H3,(H,30,33). The minimum atomic E-state index is -0.639. The highest BCUT2D eigenvalue weighted by Crippen LogP contribution is 2.37. The van der Waals surface area contributed by atoms with Crippen molar-refractivity contribution < 1.29 is 19.0 Å². The van der Waals surface area contributed by atoms with Gasteiger partial charge in [-0.05, 0) is 60.8 Å². The van der Waals surface area contributed by atoms with E-state index in [1.54, 1.807) is 24.6 Å². The highest BCUT2D eigenvalue weighted by Gasteiger charge is 2.15. The van der Waals surface area contributed by atoms with E-state index < -0.39 is 6.09 Å². The number of benzene rings is 2. The molecule has 10 nitrogen and oxygen atoms in total. The van der Waals surface area contributed by atoms with E-state index >= 15 is 0 Å². The van der Waals surface area contributed by atoms with Crippen molar-refractivity contribution in [2.45, 2.75) is 13.8 Å². The number of halogens is 1. The Kier molecular flexibility index (Phi) is 6.97. The van der Waals surface area contributed by atoms with Gasteiger partial charge in [-0.15, -0.1) is 11.3 Å². The van der Waals surface area contributed by atoms with Gasteiger partial charge in [-0.3, -0.25) is 5.32 Å². The maximum absolute atomic E-state index is 11.9. The molecule has 2 aromatic carbocycles. The normalized spacial score (nSPS) is 11.0. The van der Waals surface area contributed by atoms with Crippen LogP contribution in [-0.4, -0.2) is 51.3 Å². The number of hydrogen-bond acceptors (Lipinski definition) is 10. The molecule has 0 spiro atoms. The summed E-state index contributed by atoms with van der Waals surface area (Å²) >= 11 is 7.18. The maximum Gasteiger partial charge on any atom is 0.411 e. The first-order valence-corrected chi connectivity index (χ1v) is 12.4. The molecule has 0 aliphatic rings. The van der Waals surface area contributed by atoms with E-state index in [0.29, 0.717) is 17.3 Å². The van der Waals surface area contributed by atoms with Crippen LogP contribution in [0.4, 0.5) is 10.5 Å². The number of thiazole rings is 1. The van der Waals surface area contributed by atoms with Crippen LogP contribution < -0.4 is 14.8 Å². The molecule has 3 aromatic heterocycles. The lowest BCUT2D eigenvalue weighted by molar-refractivity contribution is 0.138. The minimum Gasteiger partial charge on any atom is -0.490 e. The largest absolute Gasteiger partial charge is 0.490 e. The van der Waals surface area contributed by atoms with Crippen molar-refractivity contribution in [3.63, 3.8) is 0 Å². The Balaban J connectivity index is 1.29. The van der Waals surface area contributed by atoms with Gasteiger partial charge in [0.2, 0.25) is 11.2 Å². The molecule has 0 aliphatic heterocycles. The number of amides is 1. The number of ether oxygens (including phenoxy) is 3. The molecule has 188 valence electrons. The number of nitrogens with zero attached hydrogens (tertiary/aromatic N) is 5. The topological polar surface area (TPSA) is 121 Å². The molecule has 12 heteroatoms. The van der Waals surface area contributed by atoms with E-state index in [9.17, 15) is 4.79 Å². The summed E-state index contributed by atoms with van der Waals surface area (Å²) < 4.78 is 17.2. The van der Waals surface area contributed by atoms with Crippen LogP contribution in [0.1, 0.15) is 11.1 Å². The van der Waals surface area contributed by atoms with E-state index in [4.69, 9.17) is 30.8 Å². The third-order valence-electron chi connectivity index (χ3n) is 5.32. The summed E-state index contributed by atoms with van der Waals surface area (Å²) in [5.41, 5.74) is 5.73. The number of nitrogens with one attached hydrogen (secondary N) is 1. The van der Waals surface area contributed by atoms with Crippen LogP contribution in [0.25, 0.3) is 31.8 Å². The predicted molar refractivity (Wildman–Crippen MR) is 142 cm³/mol. The van der Waals surface area contributed by atoms with Crippen LogP contribution in [-0.2, 0) is 4.74 Å². The van der Waals surface area contributed by atoms with Crippen LogP contribution >= 0.6 is 22.9 Å². The van der Waals surface area contributed by atoms with Crippen LogP contribution in [0.15, 0.2) is 42.9 Å². The predicted octanol–water partition coefficient (Wildman–Crippen LogP) is 5.60. The van der Waals surface area contributed by atoms with Gasteiger partial charge < -0.3 is 14.2 Å². The zero-order chi connectivity index (χ0) is 25.9. The molecule has 3 heterocycles. The number of aromatic nitrogens is 5. The molecular formula is C25H21ClN6O4S. The number of carbonyl (C=O) groups excluding carboxylic acids is 1. The SMILES string of the molecule is COc1cnc2c(-c3nc4c(C)cc(OCCOC(=O)Nc5cnc(Cl)nc5)cc4s3)cc(C)cc2n1. The number of fused-ring (bicyclic) bond motifs is 2. The summed E-state index contributed by atoms with van der Waals surface area (Å²) in [6.45, 7) is 4.24. The van der Waals surface area contributed by atoms with Crippen molar-refractivity contribution in [3.05, 3.63) is 59.3 Å². The molecule has 0 saturated carbocycles. The van der Waals surface area contributed by atoms with Crippen molar-refractivity contribution in [2.24, 2.45) is 0 Å². The fourth-order valence-corrected chi connectivity index (χ4v) is 4.88. The van der Waals surface area contributed by atoms with Gasteiger partial charge in [0.05, 0.1) is 52.6 Å². The van der Waals surface area contributed by atoms with Gasteiger partial charge >= 0.3 is 6.09 Å². The Morgan fingerprint density at radius 1 is 1.00 bits per heavy atom. The van der Waals surface area contributed by atoms with Crippen molar-refractivity contribution in [2.75, 3.05) is 25.6 Å². The molecule has 0 bridgehead atoms. The lowest BCUT2D eigenvalue weighted by Crippen LogP contribution is -2.17. The Morgan fingerprint density at radius 2 is 1.81 bits per heavy atom. The summed E-state index contributed by atoms with van der Waals surface area (Å²) in [6, 6.07) is 7.88. The van der Waals surface area contributed by atoms with Gasteiger partial charge in [0.1, 0.15) is 24.0 Å². The van der Waals surface area contributed by atoms with Crippen molar-refractivity contribution >= 4 is 56.0 Å². The number of hydrogen-bond donors (Lipinski definition) is 1. The lowest BCUT2D eigenvalue weighted by atomic mass is 10.1. The Bertz CT molecular complexity index is 1610. The molecular weight excluding hydrogens is 516 g/mol. The average molecular weight is 537 g/mol. The van der Waals surface area contributed by atoms with Crippen LogP contribution in [0, 0.1) is 13.8 Å². The molecule has 1 amide bonds. The Labute approximate surface area is 220 Å². The molecule has 37 heavy (non-hydrogen) atoms. The van der Waals surface area contributed by atoms with Crippen molar-refractivity contribution in [1.29, 1.82) is 0 Å². The van der Waals surface area contributed by atoms with E-state index in [0.717, 1.165) is 42.9 Å². The highest BCUT2D eigenvalue weighted by molar-refractivity contribution is 7.21. The summed E-state index contributed by atoms with van der Waals surface area (Å²) in [4.78, 5) is 33.5. The molecule has 0 fully saturated rings. The molecule has 1 N–H and O–H groups in total. The first-order chi connectivity index (χ1) is 17.9. The van der Waals surface area contributed by atoms with Crippen LogP contribution in [0.5, 0.6) is 11.6 Å². The van der Waals surface area contributed by atoms with E-state index in [2.05, 4.69) is 31.3 Å². The van der Waals surface area contributed by atoms with Gasteiger partial charge in [-0.25, -0.2) is 29.7 Å². The molecule has 0 aliphatic carbocycles. The maximum atomic E-state index is 11.9. The number of carbonyl (C=O) groups is 1. The number of aryl methyl sites for hydroxylation is 2. The fourth-order valence-electron chi connectivity index (χ4n) is 3.70. The molecule has 0 atom stereocenters. The van der Waals surface area contributed by atoms with E-state index in [1.807, 2.05) is 32.0 Å². The van der Waals surface area contributed by atoms with Crippen molar-refractivity contribution in [1.82, 2.24) is 24.9 Å². The molecule has 0 radical (unpaired) electrons. The average Bonchev–Trinajstić information content (AvgIpc) is 3.32. The first kappa shape index (κ1) is 24.6. The highest BCUT2D eigenvalue weighted by atomic mass is 35.5. The molecule has 5 rings (SSSR count). The fraction of sp³-hybridized carbons (Fsp3) is 0.200. The Morgan fingerprint density at radius 3 is 2.59 bits per heavy atom. The lowest BCUT2D eigenvalue weighted by Gasteiger charge is -2.09. The third-order valence-corrected chi connectivity index (χ3v) is 6.55. The second kappa shape index (κ2) is 10.5. The smallest absolute Gasteiger partial charge is 0.411 e. The quantitative estimate of drug-likeness (QED) is 0.209. The number of anilines is 1. The summed E-state index contributed by atoms with van der Waals surface area (Å²) in [5.74, 6) is 1.13. The van der Waals surface area contributed by atoms with Gasteiger partial charge in [-0.2, -0.15) is 0 Å². The van der Waals surface area contributed by atoms with E-state index in [-0.39, 0.29) is 18.5 Å². The minimum absolute atomic E-state index is 0.0583. The van der Waals surface area contributed by atoms with Crippen molar-refractivity contribution in [3.8, 4) is 22.2 Å². The second-order valence-corrected chi connectivity index (χ2v) is 9.42. The number of rotatable bonds is 7. The molecule has 5 aromatic rings. The summed E-state index contributed by atoms with van der Waals surface area (Å²) in [7, 11) is 1.57. The zero-order valence-corrected chi connectivity index (χ0v) is 21.7. The number of methoxy groups -OCH3 is 1. The monoisotopic (exact) mass is 536 g/mol. The van der Waals surface area contributed by atoms with Gasteiger partial charge in [0.25, 0.3) is 0 Å². The van der Waals surface area contributed by atoms with Gasteiger partial charge in [0, 0.05) is 5.56 Å². The molecule has 0 saturated heterocycles. The van der Waals surface area contributed by atoms with E-state index in [1.165, 1.54) is 12.4 Å². The zero-order valence-electron chi connectivity index (χ0n) is 20.1. The first-order valence-electron chi connectivity index (χ1n) is 11.2. The summed E-state index contributed by atoms with van der Waals surface area (Å²) in [5, 5.41) is 3.45. The van der Waals surface area contributed by atoms with Gasteiger partial charge in [-0.1, -0.05) is 0 Å². The van der Waals surface area contributed by atoms with Crippen LogP contribution in [0.2, 0.25) is 5.28 Å². The summed E-state index contributed by atoms with van der Waals surface area (Å²) in [6.07, 6.45) is 3.74. The Hall–Kier alpha value is -4.09. The second-order valence-electron chi connectivity index (χ2n) is 8.05. The van der Waals surface area contributed by atoms with Gasteiger partial charge in [0.15, 0.2) is 0 Å². The van der Waals surface area contributed by atoms with Crippen LogP contribution in [0.3, 0.4) is 0 Å².